The quantitative estimate of drug-likeness (QED) is 0.845. The highest BCUT2D eigenvalue weighted by molar-refractivity contribution is 6.32. The number of amides is 1. The van der Waals surface area contributed by atoms with Gasteiger partial charge >= 0.3 is 5.97 Å². The van der Waals surface area contributed by atoms with Crippen LogP contribution >= 0.6 is 11.6 Å². The number of nitrogens with one attached hydrogen (secondary N) is 1. The Morgan fingerprint density at radius 3 is 2.35 bits per heavy atom. The summed E-state index contributed by atoms with van der Waals surface area (Å²) in [5, 5.41) is 11.9. The van der Waals surface area contributed by atoms with Crippen molar-refractivity contribution in [3.63, 3.8) is 0 Å². The number of carbonyl (C=O) groups is 2. The van der Waals surface area contributed by atoms with Crippen molar-refractivity contribution in [2.24, 2.45) is 5.92 Å². The zero-order valence-corrected chi connectivity index (χ0v) is 12.3. The molecule has 1 aromatic rings. The molecule has 0 fully saturated rings. The van der Waals surface area contributed by atoms with Gasteiger partial charge in [-0.15, -0.1) is 0 Å². The maximum absolute atomic E-state index is 11.9. The molecule has 2 atom stereocenters. The second-order valence-electron chi connectivity index (χ2n) is 4.76. The molecule has 5 nitrogen and oxygen atoms in total. The number of carboxylic acid groups (broad SMARTS) is 1. The number of hydrogen-bond acceptors (Lipinski definition) is 3. The lowest BCUT2D eigenvalue weighted by molar-refractivity contribution is -0.144. The maximum atomic E-state index is 11.9. The van der Waals surface area contributed by atoms with Crippen LogP contribution in [0.15, 0.2) is 24.3 Å². The lowest BCUT2D eigenvalue weighted by Gasteiger charge is -2.21. The SMILES string of the molecule is CC(Oc1ccccc1Cl)C(=O)NC(C(=O)O)C(C)C. The van der Waals surface area contributed by atoms with E-state index in [1.807, 2.05) is 0 Å². The lowest BCUT2D eigenvalue weighted by atomic mass is 10.0. The number of ether oxygens (including phenoxy) is 1. The van der Waals surface area contributed by atoms with Crippen molar-refractivity contribution in [2.75, 3.05) is 0 Å². The molecule has 2 N–H and O–H groups in total. The van der Waals surface area contributed by atoms with E-state index in [1.54, 1.807) is 38.1 Å². The molecule has 1 aromatic carbocycles. The zero-order chi connectivity index (χ0) is 15.3. The van der Waals surface area contributed by atoms with Gasteiger partial charge in [-0.1, -0.05) is 37.6 Å². The highest BCUT2D eigenvalue weighted by atomic mass is 35.5. The number of carbonyl (C=O) groups excluding carboxylic acids is 1. The monoisotopic (exact) mass is 299 g/mol. The minimum Gasteiger partial charge on any atom is -0.480 e. The molecule has 0 aliphatic rings. The summed E-state index contributed by atoms with van der Waals surface area (Å²) in [6, 6.07) is 5.83. The molecule has 1 rings (SSSR count). The predicted octanol–water partition coefficient (Wildman–Crippen LogP) is 2.33. The second-order valence-corrected chi connectivity index (χ2v) is 5.17. The Morgan fingerprint density at radius 2 is 1.85 bits per heavy atom. The molecule has 0 heterocycles. The predicted molar refractivity (Wildman–Crippen MR) is 75.9 cm³/mol. The van der Waals surface area contributed by atoms with E-state index in [-0.39, 0.29) is 5.92 Å². The summed E-state index contributed by atoms with van der Waals surface area (Å²) in [6.07, 6.45) is -0.838. The topological polar surface area (TPSA) is 75.6 Å². The number of para-hydroxylation sites is 1. The van der Waals surface area contributed by atoms with Crippen LogP contribution in [-0.2, 0) is 9.59 Å². The summed E-state index contributed by atoms with van der Waals surface area (Å²) in [4.78, 5) is 23.0. The van der Waals surface area contributed by atoms with Crippen LogP contribution in [0.4, 0.5) is 0 Å². The molecule has 1 amide bonds. The molecule has 0 bridgehead atoms. The average Bonchev–Trinajstić information content (AvgIpc) is 2.37. The molecule has 0 aliphatic heterocycles. The molecule has 110 valence electrons. The van der Waals surface area contributed by atoms with Crippen LogP contribution in [0.1, 0.15) is 20.8 Å². The van der Waals surface area contributed by atoms with Crippen LogP contribution in [0.3, 0.4) is 0 Å². The fourth-order valence-corrected chi connectivity index (χ4v) is 1.75. The van der Waals surface area contributed by atoms with Gasteiger partial charge in [0.2, 0.25) is 0 Å². The Hall–Kier alpha value is -1.75. The number of carboxylic acids is 1. The first-order valence-electron chi connectivity index (χ1n) is 6.27. The van der Waals surface area contributed by atoms with Crippen molar-refractivity contribution in [3.05, 3.63) is 29.3 Å². The fraction of sp³-hybridized carbons (Fsp3) is 0.429. The summed E-state index contributed by atoms with van der Waals surface area (Å²) in [5.41, 5.74) is 0. The number of aliphatic carboxylic acids is 1. The molecule has 0 radical (unpaired) electrons. The van der Waals surface area contributed by atoms with Crippen LogP contribution in [0.5, 0.6) is 5.75 Å². The van der Waals surface area contributed by atoms with Gasteiger partial charge < -0.3 is 15.2 Å². The Morgan fingerprint density at radius 1 is 1.25 bits per heavy atom. The van der Waals surface area contributed by atoms with Gasteiger partial charge in [-0.25, -0.2) is 4.79 Å². The molecule has 0 saturated carbocycles. The molecule has 2 unspecified atom stereocenters. The first-order chi connectivity index (χ1) is 9.32. The minimum absolute atomic E-state index is 0.219. The summed E-state index contributed by atoms with van der Waals surface area (Å²) in [7, 11) is 0. The lowest BCUT2D eigenvalue weighted by Crippen LogP contribution is -2.48. The highest BCUT2D eigenvalue weighted by Gasteiger charge is 2.26. The standard InChI is InChI=1S/C14H18ClNO4/c1-8(2)12(14(18)19)16-13(17)9(3)20-11-7-5-4-6-10(11)15/h4-9,12H,1-3H3,(H,16,17)(H,18,19). The van der Waals surface area contributed by atoms with Gasteiger partial charge in [0.1, 0.15) is 11.8 Å². The Labute approximate surface area is 122 Å². The van der Waals surface area contributed by atoms with Crippen LogP contribution in [0.2, 0.25) is 5.02 Å². The molecule has 0 saturated heterocycles. The van der Waals surface area contributed by atoms with Crippen LogP contribution in [-0.4, -0.2) is 29.1 Å². The third kappa shape index (κ3) is 4.42. The Bertz CT molecular complexity index is 490. The van der Waals surface area contributed by atoms with Crippen molar-refractivity contribution >= 4 is 23.5 Å². The third-order valence-electron chi connectivity index (χ3n) is 2.74. The summed E-state index contributed by atoms with van der Waals surface area (Å²) < 4.78 is 5.43. The summed E-state index contributed by atoms with van der Waals surface area (Å²) in [6.45, 7) is 4.98. The van der Waals surface area contributed by atoms with Crippen molar-refractivity contribution in [1.82, 2.24) is 5.32 Å². The zero-order valence-electron chi connectivity index (χ0n) is 11.6. The van der Waals surface area contributed by atoms with E-state index in [2.05, 4.69) is 5.32 Å². The van der Waals surface area contributed by atoms with E-state index in [0.717, 1.165) is 0 Å². The van der Waals surface area contributed by atoms with Crippen molar-refractivity contribution in [3.8, 4) is 5.75 Å². The van der Waals surface area contributed by atoms with Gasteiger partial charge in [-0.2, -0.15) is 0 Å². The number of benzene rings is 1. The molecule has 20 heavy (non-hydrogen) atoms. The number of rotatable bonds is 6. The first-order valence-corrected chi connectivity index (χ1v) is 6.65. The van der Waals surface area contributed by atoms with Gasteiger partial charge in [0.15, 0.2) is 6.10 Å². The third-order valence-corrected chi connectivity index (χ3v) is 3.05. The fourth-order valence-electron chi connectivity index (χ4n) is 1.57. The Kier molecular flexibility index (Phi) is 5.82. The molecule has 0 spiro atoms. The molecule has 6 heteroatoms. The van der Waals surface area contributed by atoms with Crippen LogP contribution in [0.25, 0.3) is 0 Å². The van der Waals surface area contributed by atoms with Gasteiger partial charge in [0.25, 0.3) is 5.91 Å². The van der Waals surface area contributed by atoms with Gasteiger partial charge in [-0.05, 0) is 25.0 Å². The van der Waals surface area contributed by atoms with E-state index in [1.165, 1.54) is 6.92 Å². The average molecular weight is 300 g/mol. The van der Waals surface area contributed by atoms with Crippen molar-refractivity contribution in [2.45, 2.75) is 32.9 Å². The molecule has 0 aromatic heterocycles. The maximum Gasteiger partial charge on any atom is 0.326 e. The normalized spacial score (nSPS) is 13.7. The van der Waals surface area contributed by atoms with E-state index in [0.29, 0.717) is 10.8 Å². The van der Waals surface area contributed by atoms with E-state index in [9.17, 15) is 9.59 Å². The van der Waals surface area contributed by atoms with Crippen molar-refractivity contribution in [1.29, 1.82) is 0 Å². The van der Waals surface area contributed by atoms with E-state index in [4.69, 9.17) is 21.4 Å². The van der Waals surface area contributed by atoms with E-state index >= 15 is 0 Å². The Balaban J connectivity index is 2.68. The largest absolute Gasteiger partial charge is 0.480 e. The highest BCUT2D eigenvalue weighted by Crippen LogP contribution is 2.24. The second kappa shape index (κ2) is 7.14. The van der Waals surface area contributed by atoms with Gasteiger partial charge in [-0.3, -0.25) is 4.79 Å². The number of hydrogen-bond donors (Lipinski definition) is 2. The minimum atomic E-state index is -1.07. The van der Waals surface area contributed by atoms with E-state index < -0.39 is 24.0 Å². The summed E-state index contributed by atoms with van der Waals surface area (Å²) in [5.74, 6) is -1.40. The molecule has 0 aliphatic carbocycles. The van der Waals surface area contributed by atoms with Crippen LogP contribution < -0.4 is 10.1 Å². The molecular formula is C14H18ClNO4. The van der Waals surface area contributed by atoms with Crippen molar-refractivity contribution < 1.29 is 19.4 Å². The summed E-state index contributed by atoms with van der Waals surface area (Å²) >= 11 is 5.93. The first kappa shape index (κ1) is 16.3. The smallest absolute Gasteiger partial charge is 0.326 e. The van der Waals surface area contributed by atoms with Gasteiger partial charge in [0, 0.05) is 0 Å². The number of halogens is 1. The van der Waals surface area contributed by atoms with Gasteiger partial charge in [0.05, 0.1) is 5.02 Å². The molecular weight excluding hydrogens is 282 g/mol. The van der Waals surface area contributed by atoms with Crippen LogP contribution in [0, 0.1) is 5.92 Å².